The Morgan fingerprint density at radius 1 is 1.09 bits per heavy atom. The molecule has 8 heteroatoms. The average Bonchev–Trinajstić information content (AvgIpc) is 2.48. The Morgan fingerprint density at radius 3 is 2.41 bits per heavy atom. The number of para-hydroxylation sites is 1. The number of rotatable bonds is 5. The van der Waals surface area contributed by atoms with Gasteiger partial charge in [0.15, 0.2) is 0 Å². The molecule has 1 amide bonds. The van der Waals surface area contributed by atoms with Crippen molar-refractivity contribution in [3.8, 4) is 0 Å². The van der Waals surface area contributed by atoms with E-state index in [2.05, 4.69) is 10.0 Å². The minimum atomic E-state index is -3.92. The monoisotopic (exact) mass is 342 g/mol. The molecule has 0 aliphatic rings. The number of nitrogens with one attached hydrogen (secondary N) is 2. The molecule has 0 saturated heterocycles. The molecule has 0 bridgehead atoms. The summed E-state index contributed by atoms with van der Waals surface area (Å²) in [7, 11) is -3.92. The molecule has 2 N–H and O–H groups in total. The van der Waals surface area contributed by atoms with Gasteiger partial charge >= 0.3 is 0 Å². The topological polar surface area (TPSA) is 75.3 Å². The number of benzene rings is 2. The van der Waals surface area contributed by atoms with Gasteiger partial charge in [-0.25, -0.2) is 17.5 Å². The summed E-state index contributed by atoms with van der Waals surface area (Å²) >= 11 is 5.81. The summed E-state index contributed by atoms with van der Waals surface area (Å²) in [6.07, 6.45) is 0. The second kappa shape index (κ2) is 6.87. The lowest BCUT2D eigenvalue weighted by Gasteiger charge is -2.09. The molecule has 0 aliphatic heterocycles. The number of carbonyl (C=O) groups is 1. The number of anilines is 1. The lowest BCUT2D eigenvalue weighted by molar-refractivity contribution is -0.115. The largest absolute Gasteiger partial charge is 0.322 e. The van der Waals surface area contributed by atoms with E-state index in [1.807, 2.05) is 0 Å². The fourth-order valence-electron chi connectivity index (χ4n) is 1.66. The molecule has 2 aromatic rings. The lowest BCUT2D eigenvalue weighted by Crippen LogP contribution is -2.33. The van der Waals surface area contributed by atoms with E-state index in [0.29, 0.717) is 0 Å². The molecule has 0 aromatic heterocycles. The standard InChI is InChI=1S/C14H12ClFN2O3S/c15-10-5-1-4-8-13(10)22(20,21)17-9-14(19)18-12-7-3-2-6-11(12)16/h1-8,17H,9H2,(H,18,19). The van der Waals surface area contributed by atoms with Crippen LogP contribution in [-0.4, -0.2) is 20.9 Å². The van der Waals surface area contributed by atoms with Crippen LogP contribution in [0.4, 0.5) is 10.1 Å². The van der Waals surface area contributed by atoms with E-state index in [1.165, 1.54) is 36.4 Å². The van der Waals surface area contributed by atoms with Gasteiger partial charge in [0.25, 0.3) is 0 Å². The summed E-state index contributed by atoms with van der Waals surface area (Å²) in [5.74, 6) is -1.30. The van der Waals surface area contributed by atoms with Gasteiger partial charge in [-0.1, -0.05) is 35.9 Å². The highest BCUT2D eigenvalue weighted by atomic mass is 35.5. The molecule has 0 fully saturated rings. The number of sulfonamides is 1. The minimum Gasteiger partial charge on any atom is -0.322 e. The highest BCUT2D eigenvalue weighted by Crippen LogP contribution is 2.20. The van der Waals surface area contributed by atoms with E-state index in [9.17, 15) is 17.6 Å². The van der Waals surface area contributed by atoms with Crippen LogP contribution in [0.1, 0.15) is 0 Å². The number of amides is 1. The average molecular weight is 343 g/mol. The third-order valence-electron chi connectivity index (χ3n) is 2.70. The van der Waals surface area contributed by atoms with E-state index >= 15 is 0 Å². The van der Waals surface area contributed by atoms with Crippen molar-refractivity contribution in [1.29, 1.82) is 0 Å². The van der Waals surface area contributed by atoms with Gasteiger partial charge in [-0.15, -0.1) is 0 Å². The molecule has 116 valence electrons. The van der Waals surface area contributed by atoms with Gasteiger partial charge in [0.05, 0.1) is 17.3 Å². The van der Waals surface area contributed by atoms with Crippen LogP contribution in [0.25, 0.3) is 0 Å². The Bertz CT molecular complexity index is 796. The van der Waals surface area contributed by atoms with Crippen molar-refractivity contribution in [2.45, 2.75) is 4.90 Å². The normalized spacial score (nSPS) is 11.2. The summed E-state index contributed by atoms with van der Waals surface area (Å²) in [5.41, 5.74) is -0.0237. The SMILES string of the molecule is O=C(CNS(=O)(=O)c1ccccc1Cl)Nc1ccccc1F. The molecule has 0 radical (unpaired) electrons. The Morgan fingerprint density at radius 2 is 1.73 bits per heavy atom. The zero-order valence-corrected chi connectivity index (χ0v) is 12.8. The third-order valence-corrected chi connectivity index (χ3v) is 4.60. The summed E-state index contributed by atoms with van der Waals surface area (Å²) in [5, 5.41) is 2.32. The highest BCUT2D eigenvalue weighted by molar-refractivity contribution is 7.89. The molecular weight excluding hydrogens is 331 g/mol. The van der Waals surface area contributed by atoms with Crippen molar-refractivity contribution in [3.63, 3.8) is 0 Å². The molecular formula is C14H12ClFN2O3S. The van der Waals surface area contributed by atoms with Crippen LogP contribution in [-0.2, 0) is 14.8 Å². The van der Waals surface area contributed by atoms with Crippen molar-refractivity contribution in [1.82, 2.24) is 4.72 Å². The van der Waals surface area contributed by atoms with E-state index in [-0.39, 0.29) is 15.6 Å². The predicted molar refractivity (Wildman–Crippen MR) is 81.7 cm³/mol. The Labute approximate surface area is 132 Å². The second-order valence-corrected chi connectivity index (χ2v) is 6.43. The van der Waals surface area contributed by atoms with Crippen molar-refractivity contribution < 1.29 is 17.6 Å². The molecule has 5 nitrogen and oxygen atoms in total. The zero-order chi connectivity index (χ0) is 16.2. The summed E-state index contributed by atoms with van der Waals surface area (Å²) in [4.78, 5) is 11.6. The fraction of sp³-hybridized carbons (Fsp3) is 0.0714. The summed E-state index contributed by atoms with van der Waals surface area (Å²) in [6, 6.07) is 11.4. The van der Waals surface area contributed by atoms with Crippen LogP contribution in [0, 0.1) is 5.82 Å². The molecule has 0 aliphatic carbocycles. The quantitative estimate of drug-likeness (QED) is 0.876. The number of hydrogen-bond donors (Lipinski definition) is 2. The van der Waals surface area contributed by atoms with Gasteiger partial charge in [0, 0.05) is 0 Å². The van der Waals surface area contributed by atoms with Crippen LogP contribution in [0.15, 0.2) is 53.4 Å². The smallest absolute Gasteiger partial charge is 0.242 e. The highest BCUT2D eigenvalue weighted by Gasteiger charge is 2.18. The molecule has 0 atom stereocenters. The van der Waals surface area contributed by atoms with Crippen molar-refractivity contribution in [3.05, 3.63) is 59.4 Å². The first kappa shape index (κ1) is 16.4. The van der Waals surface area contributed by atoms with Crippen LogP contribution in [0.2, 0.25) is 5.02 Å². The van der Waals surface area contributed by atoms with E-state index in [1.54, 1.807) is 12.1 Å². The van der Waals surface area contributed by atoms with Gasteiger partial charge < -0.3 is 5.32 Å². The van der Waals surface area contributed by atoms with Crippen LogP contribution in [0.3, 0.4) is 0 Å². The molecule has 2 aromatic carbocycles. The maximum atomic E-state index is 13.4. The maximum absolute atomic E-state index is 13.4. The van der Waals surface area contributed by atoms with Crippen molar-refractivity contribution >= 4 is 33.2 Å². The second-order valence-electron chi connectivity index (χ2n) is 4.28. The number of hydrogen-bond acceptors (Lipinski definition) is 3. The number of halogens is 2. The van der Waals surface area contributed by atoms with Crippen molar-refractivity contribution in [2.24, 2.45) is 0 Å². The minimum absolute atomic E-state index is 0.0237. The van der Waals surface area contributed by atoms with Crippen LogP contribution < -0.4 is 10.0 Å². The van der Waals surface area contributed by atoms with Crippen LogP contribution in [0.5, 0.6) is 0 Å². The molecule has 0 unspecified atom stereocenters. The first-order chi connectivity index (χ1) is 10.4. The fourth-order valence-corrected chi connectivity index (χ4v) is 3.16. The molecule has 0 spiro atoms. The molecule has 2 rings (SSSR count). The molecule has 0 saturated carbocycles. The first-order valence-electron chi connectivity index (χ1n) is 6.19. The first-order valence-corrected chi connectivity index (χ1v) is 8.05. The third kappa shape index (κ3) is 4.03. The summed E-state index contributed by atoms with van der Waals surface area (Å²) in [6.45, 7) is -0.540. The molecule has 22 heavy (non-hydrogen) atoms. The Balaban J connectivity index is 2.02. The van der Waals surface area contributed by atoms with E-state index in [4.69, 9.17) is 11.6 Å². The maximum Gasteiger partial charge on any atom is 0.242 e. The summed E-state index contributed by atoms with van der Waals surface area (Å²) < 4.78 is 39.5. The van der Waals surface area contributed by atoms with Gasteiger partial charge in [0.1, 0.15) is 10.7 Å². The van der Waals surface area contributed by atoms with Gasteiger partial charge in [-0.3, -0.25) is 4.79 Å². The van der Waals surface area contributed by atoms with Crippen molar-refractivity contribution in [2.75, 3.05) is 11.9 Å². The number of carbonyl (C=O) groups excluding carboxylic acids is 1. The Kier molecular flexibility index (Phi) is 5.12. The predicted octanol–water partition coefficient (Wildman–Crippen LogP) is 2.40. The van der Waals surface area contributed by atoms with E-state index < -0.39 is 28.3 Å². The Hall–Kier alpha value is -1.96. The van der Waals surface area contributed by atoms with Gasteiger partial charge in [-0.05, 0) is 24.3 Å². The lowest BCUT2D eigenvalue weighted by atomic mass is 10.3. The van der Waals surface area contributed by atoms with Gasteiger partial charge in [0.2, 0.25) is 15.9 Å². The zero-order valence-electron chi connectivity index (χ0n) is 11.2. The van der Waals surface area contributed by atoms with Crippen LogP contribution >= 0.6 is 11.6 Å². The molecule has 0 heterocycles. The van der Waals surface area contributed by atoms with E-state index in [0.717, 1.165) is 0 Å². The van der Waals surface area contributed by atoms with Gasteiger partial charge in [-0.2, -0.15) is 0 Å².